The molecule has 0 unspecified atom stereocenters. The largest absolute Gasteiger partial charge is 0.425 e. The van der Waals surface area contributed by atoms with Crippen molar-refractivity contribution in [3.05, 3.63) is 74.3 Å². The molecule has 0 saturated carbocycles. The first-order valence-corrected chi connectivity index (χ1v) is 11.4. The maximum Gasteiger partial charge on any atom is 0.331 e. The Balaban J connectivity index is 1.73. The van der Waals surface area contributed by atoms with E-state index in [9.17, 15) is 18.0 Å². The van der Waals surface area contributed by atoms with Crippen LogP contribution in [0.2, 0.25) is 0 Å². The minimum absolute atomic E-state index is 0.184. The number of carbonyl (C=O) groups excluding carboxylic acids is 1. The van der Waals surface area contributed by atoms with Crippen LogP contribution in [0.4, 0.5) is 5.69 Å². The van der Waals surface area contributed by atoms with Crippen LogP contribution in [0.15, 0.2) is 57.5 Å². The number of thiazole rings is 1. The van der Waals surface area contributed by atoms with Crippen molar-refractivity contribution in [3.63, 3.8) is 0 Å². The molecule has 0 radical (unpaired) electrons. The molecule has 0 N–H and O–H groups in total. The highest BCUT2D eigenvalue weighted by atomic mass is 32.2. The zero-order valence-electron chi connectivity index (χ0n) is 17.1. The summed E-state index contributed by atoms with van der Waals surface area (Å²) in [5, 5.41) is 1.68. The van der Waals surface area contributed by atoms with Crippen LogP contribution in [0.5, 0.6) is 5.75 Å². The van der Waals surface area contributed by atoms with Crippen LogP contribution in [0.25, 0.3) is 0 Å². The van der Waals surface area contributed by atoms with E-state index < -0.39 is 16.0 Å². The fourth-order valence-corrected chi connectivity index (χ4v) is 4.80. The molecule has 0 aliphatic heterocycles. The zero-order chi connectivity index (χ0) is 22.1. The summed E-state index contributed by atoms with van der Waals surface area (Å²) in [6.07, 6.45) is 0. The number of hydrogen-bond acceptors (Lipinski definition) is 6. The number of hydrogen-bond donors (Lipinski definition) is 0. The SMILES string of the molecule is Cc1ccc(S(=O)(=O)N(C)c2ccc(OC(=O)Cn3c(C)csc3=O)cc2)cc1C. The molecule has 3 aromatic rings. The molecule has 1 aromatic heterocycles. The Labute approximate surface area is 179 Å². The molecule has 0 amide bonds. The first-order chi connectivity index (χ1) is 14.1. The van der Waals surface area contributed by atoms with Crippen molar-refractivity contribution >= 4 is 33.0 Å². The highest BCUT2D eigenvalue weighted by Gasteiger charge is 2.22. The summed E-state index contributed by atoms with van der Waals surface area (Å²) in [6, 6.07) is 11.2. The van der Waals surface area contributed by atoms with Gasteiger partial charge in [-0.05, 0) is 68.3 Å². The predicted octanol–water partition coefficient (Wildman–Crippen LogP) is 3.27. The molecular formula is C21H22N2O5S2. The van der Waals surface area contributed by atoms with Gasteiger partial charge >= 0.3 is 10.8 Å². The Morgan fingerprint density at radius 1 is 1.07 bits per heavy atom. The topological polar surface area (TPSA) is 85.7 Å². The van der Waals surface area contributed by atoms with Gasteiger partial charge in [0, 0.05) is 18.1 Å². The van der Waals surface area contributed by atoms with Crippen molar-refractivity contribution in [2.24, 2.45) is 0 Å². The lowest BCUT2D eigenvalue weighted by Crippen LogP contribution is -2.26. The zero-order valence-corrected chi connectivity index (χ0v) is 18.7. The molecule has 0 aliphatic rings. The van der Waals surface area contributed by atoms with Crippen molar-refractivity contribution < 1.29 is 17.9 Å². The summed E-state index contributed by atoms with van der Waals surface area (Å²) in [7, 11) is -2.25. The summed E-state index contributed by atoms with van der Waals surface area (Å²) in [6.45, 7) is 5.34. The molecule has 3 rings (SSSR count). The third-order valence-electron chi connectivity index (χ3n) is 4.83. The molecule has 158 valence electrons. The second kappa shape index (κ2) is 8.45. The molecule has 7 nitrogen and oxygen atoms in total. The number of carbonyl (C=O) groups is 1. The van der Waals surface area contributed by atoms with Gasteiger partial charge in [-0.2, -0.15) is 0 Å². The van der Waals surface area contributed by atoms with Gasteiger partial charge < -0.3 is 4.74 Å². The molecule has 9 heteroatoms. The molecule has 0 saturated heterocycles. The average Bonchev–Trinajstić information content (AvgIpc) is 3.02. The van der Waals surface area contributed by atoms with E-state index in [0.29, 0.717) is 11.4 Å². The molecule has 1 heterocycles. The maximum absolute atomic E-state index is 12.9. The Hall–Kier alpha value is -2.91. The second-order valence-corrected chi connectivity index (χ2v) is 9.71. The smallest absolute Gasteiger partial charge is 0.331 e. The summed E-state index contributed by atoms with van der Waals surface area (Å²) in [5.74, 6) is -0.316. The first-order valence-electron chi connectivity index (χ1n) is 9.11. The van der Waals surface area contributed by atoms with Crippen LogP contribution in [0.1, 0.15) is 16.8 Å². The van der Waals surface area contributed by atoms with Crippen LogP contribution in [-0.2, 0) is 21.4 Å². The average molecular weight is 447 g/mol. The van der Waals surface area contributed by atoms with Crippen LogP contribution in [0, 0.1) is 20.8 Å². The van der Waals surface area contributed by atoms with Gasteiger partial charge in [0.2, 0.25) is 0 Å². The summed E-state index contributed by atoms with van der Waals surface area (Å²) in [4.78, 5) is 23.8. The van der Waals surface area contributed by atoms with Gasteiger partial charge in [0.05, 0.1) is 10.6 Å². The Morgan fingerprint density at radius 3 is 2.30 bits per heavy atom. The van der Waals surface area contributed by atoms with Crippen molar-refractivity contribution in [2.45, 2.75) is 32.2 Å². The van der Waals surface area contributed by atoms with E-state index >= 15 is 0 Å². The normalized spacial score (nSPS) is 11.3. The van der Waals surface area contributed by atoms with Gasteiger partial charge in [-0.25, -0.2) is 13.2 Å². The van der Waals surface area contributed by atoms with Crippen LogP contribution >= 0.6 is 11.3 Å². The highest BCUT2D eigenvalue weighted by molar-refractivity contribution is 7.92. The van der Waals surface area contributed by atoms with Gasteiger partial charge in [-0.3, -0.25) is 13.7 Å². The third-order valence-corrected chi connectivity index (χ3v) is 7.49. The number of aromatic nitrogens is 1. The van der Waals surface area contributed by atoms with E-state index in [1.54, 1.807) is 42.6 Å². The minimum Gasteiger partial charge on any atom is -0.425 e. The lowest BCUT2D eigenvalue weighted by Gasteiger charge is -2.20. The molecule has 0 bridgehead atoms. The Kier molecular flexibility index (Phi) is 6.14. The van der Waals surface area contributed by atoms with Crippen LogP contribution < -0.4 is 13.9 Å². The molecular weight excluding hydrogens is 424 g/mol. The van der Waals surface area contributed by atoms with Crippen LogP contribution in [0.3, 0.4) is 0 Å². The summed E-state index contributed by atoms with van der Waals surface area (Å²) in [5.41, 5.74) is 3.03. The van der Waals surface area contributed by atoms with Crippen LogP contribution in [-0.4, -0.2) is 26.0 Å². The third kappa shape index (κ3) is 4.47. The molecule has 0 fully saturated rings. The Bertz CT molecular complexity index is 1240. The first kappa shape index (κ1) is 21.8. The summed E-state index contributed by atoms with van der Waals surface area (Å²) >= 11 is 1.02. The van der Waals surface area contributed by atoms with Gasteiger partial charge in [0.15, 0.2) is 0 Å². The van der Waals surface area contributed by atoms with Gasteiger partial charge in [0.1, 0.15) is 12.3 Å². The molecule has 2 aromatic carbocycles. The number of nitrogens with zero attached hydrogens (tertiary/aromatic N) is 2. The molecule has 0 atom stereocenters. The van der Waals surface area contributed by atoms with Crippen molar-refractivity contribution in [2.75, 3.05) is 11.4 Å². The number of esters is 1. The number of anilines is 1. The monoisotopic (exact) mass is 446 g/mol. The second-order valence-electron chi connectivity index (χ2n) is 6.92. The minimum atomic E-state index is -3.72. The quantitative estimate of drug-likeness (QED) is 0.429. The summed E-state index contributed by atoms with van der Waals surface area (Å²) < 4.78 is 33.6. The molecule has 0 spiro atoms. The lowest BCUT2D eigenvalue weighted by molar-refractivity contribution is -0.135. The Morgan fingerprint density at radius 2 is 1.73 bits per heavy atom. The number of rotatable bonds is 6. The van der Waals surface area contributed by atoms with Gasteiger partial charge in [-0.1, -0.05) is 17.4 Å². The van der Waals surface area contributed by atoms with E-state index in [1.165, 1.54) is 28.1 Å². The van der Waals surface area contributed by atoms with E-state index in [4.69, 9.17) is 4.74 Å². The highest BCUT2D eigenvalue weighted by Crippen LogP contribution is 2.25. The van der Waals surface area contributed by atoms with E-state index in [1.807, 2.05) is 13.8 Å². The van der Waals surface area contributed by atoms with E-state index in [0.717, 1.165) is 22.5 Å². The maximum atomic E-state index is 12.9. The molecule has 30 heavy (non-hydrogen) atoms. The standard InChI is InChI=1S/C21H22N2O5S2/c1-14-5-10-19(11-15(14)2)30(26,27)22(4)17-6-8-18(9-7-17)28-20(24)12-23-16(3)13-29-21(23)25/h5-11,13H,12H2,1-4H3. The van der Waals surface area contributed by atoms with Gasteiger partial charge in [-0.15, -0.1) is 0 Å². The van der Waals surface area contributed by atoms with Crippen molar-refractivity contribution in [1.82, 2.24) is 4.57 Å². The van der Waals surface area contributed by atoms with E-state index in [-0.39, 0.29) is 22.1 Å². The molecule has 0 aliphatic carbocycles. The van der Waals surface area contributed by atoms with Crippen molar-refractivity contribution in [3.8, 4) is 5.75 Å². The van der Waals surface area contributed by atoms with Crippen molar-refractivity contribution in [1.29, 1.82) is 0 Å². The fraction of sp³-hybridized carbons (Fsp3) is 0.238. The number of sulfonamides is 1. The number of aryl methyl sites for hydroxylation is 3. The number of benzene rings is 2. The fourth-order valence-electron chi connectivity index (χ4n) is 2.78. The lowest BCUT2D eigenvalue weighted by atomic mass is 10.1. The number of ether oxygens (including phenoxy) is 1. The predicted molar refractivity (Wildman–Crippen MR) is 117 cm³/mol. The van der Waals surface area contributed by atoms with E-state index in [2.05, 4.69) is 0 Å². The van der Waals surface area contributed by atoms with Gasteiger partial charge in [0.25, 0.3) is 10.0 Å².